The van der Waals surface area contributed by atoms with Gasteiger partial charge in [-0.15, -0.1) is 0 Å². The minimum atomic E-state index is 0.621. The van der Waals surface area contributed by atoms with Crippen LogP contribution in [0.25, 0.3) is 0 Å². The van der Waals surface area contributed by atoms with E-state index in [9.17, 15) is 0 Å². The van der Waals surface area contributed by atoms with Crippen LogP contribution in [0.1, 0.15) is 18.2 Å². The molecule has 0 aliphatic carbocycles. The average molecular weight is 317 g/mol. The van der Waals surface area contributed by atoms with Crippen LogP contribution >= 0.6 is 11.6 Å². The summed E-state index contributed by atoms with van der Waals surface area (Å²) in [6, 6.07) is 13.7. The summed E-state index contributed by atoms with van der Waals surface area (Å²) < 4.78 is 0. The molecule has 22 heavy (non-hydrogen) atoms. The Morgan fingerprint density at radius 3 is 2.64 bits per heavy atom. The highest BCUT2D eigenvalue weighted by Gasteiger charge is 1.99. The maximum Gasteiger partial charge on any atom is 0.191 e. The fourth-order valence-electron chi connectivity index (χ4n) is 1.96. The molecule has 2 aromatic rings. The van der Waals surface area contributed by atoms with Gasteiger partial charge in [0.05, 0.1) is 6.54 Å². The molecule has 2 rings (SSSR count). The Morgan fingerprint density at radius 2 is 1.95 bits per heavy atom. The number of rotatable bonds is 6. The van der Waals surface area contributed by atoms with Gasteiger partial charge in [-0.2, -0.15) is 0 Å². The molecule has 0 bridgehead atoms. The van der Waals surface area contributed by atoms with Crippen LogP contribution < -0.4 is 10.6 Å². The van der Waals surface area contributed by atoms with Crippen molar-refractivity contribution >= 4 is 17.6 Å². The Morgan fingerprint density at radius 1 is 1.14 bits per heavy atom. The van der Waals surface area contributed by atoms with Crippen LogP contribution in [-0.2, 0) is 13.0 Å². The average Bonchev–Trinajstić information content (AvgIpc) is 2.55. The minimum absolute atomic E-state index is 0.621. The largest absolute Gasteiger partial charge is 0.357 e. The molecular weight excluding hydrogens is 296 g/mol. The number of hydrogen-bond donors (Lipinski definition) is 2. The van der Waals surface area contributed by atoms with Gasteiger partial charge in [0.25, 0.3) is 0 Å². The number of halogens is 1. The van der Waals surface area contributed by atoms with Gasteiger partial charge in [-0.05, 0) is 36.8 Å². The lowest BCUT2D eigenvalue weighted by molar-refractivity contribution is 0.788. The molecule has 1 heterocycles. The summed E-state index contributed by atoms with van der Waals surface area (Å²) in [6.07, 6.45) is 2.68. The van der Waals surface area contributed by atoms with Crippen LogP contribution in [0.5, 0.6) is 0 Å². The number of aromatic nitrogens is 1. The molecule has 0 aliphatic rings. The lowest BCUT2D eigenvalue weighted by Crippen LogP contribution is -2.38. The van der Waals surface area contributed by atoms with Gasteiger partial charge in [-0.1, -0.05) is 29.8 Å². The zero-order valence-electron chi connectivity index (χ0n) is 12.7. The van der Waals surface area contributed by atoms with Crippen molar-refractivity contribution < 1.29 is 0 Å². The van der Waals surface area contributed by atoms with E-state index in [1.165, 1.54) is 0 Å². The monoisotopic (exact) mass is 316 g/mol. The molecule has 0 radical (unpaired) electrons. The highest BCUT2D eigenvalue weighted by atomic mass is 35.5. The molecular formula is C17H21ClN4. The number of nitrogens with one attached hydrogen (secondary N) is 2. The minimum Gasteiger partial charge on any atom is -0.357 e. The highest BCUT2D eigenvalue weighted by Crippen LogP contribution is 2.10. The maximum atomic E-state index is 5.88. The summed E-state index contributed by atoms with van der Waals surface area (Å²) in [6.45, 7) is 4.30. The summed E-state index contributed by atoms with van der Waals surface area (Å²) in [5, 5.41) is 7.31. The predicted octanol–water partition coefficient (Wildman–Crippen LogP) is 3.03. The second kappa shape index (κ2) is 9.05. The molecule has 116 valence electrons. The summed E-state index contributed by atoms with van der Waals surface area (Å²) in [4.78, 5) is 8.89. The SMILES string of the molecule is CCNC(=NCc1ccc(Cl)cc1)NCCc1ccccn1. The van der Waals surface area contributed by atoms with Crippen molar-refractivity contribution in [1.82, 2.24) is 15.6 Å². The van der Waals surface area contributed by atoms with Gasteiger partial charge in [-0.3, -0.25) is 4.98 Å². The highest BCUT2D eigenvalue weighted by molar-refractivity contribution is 6.30. The van der Waals surface area contributed by atoms with E-state index in [0.29, 0.717) is 6.54 Å². The van der Waals surface area contributed by atoms with Crippen LogP contribution in [0.15, 0.2) is 53.7 Å². The molecule has 2 N–H and O–H groups in total. The Bertz CT molecular complexity index is 581. The molecule has 0 aliphatic heterocycles. The van der Waals surface area contributed by atoms with Crippen molar-refractivity contribution in [2.24, 2.45) is 4.99 Å². The number of hydrogen-bond acceptors (Lipinski definition) is 2. The van der Waals surface area contributed by atoms with Crippen molar-refractivity contribution in [3.8, 4) is 0 Å². The first-order chi connectivity index (χ1) is 10.8. The Hall–Kier alpha value is -2.07. The second-order valence-electron chi connectivity index (χ2n) is 4.82. The molecule has 1 aromatic heterocycles. The second-order valence-corrected chi connectivity index (χ2v) is 5.26. The molecule has 0 spiro atoms. The van der Waals surface area contributed by atoms with Crippen LogP contribution in [0.2, 0.25) is 5.02 Å². The van der Waals surface area contributed by atoms with Crippen molar-refractivity contribution in [3.63, 3.8) is 0 Å². The zero-order chi connectivity index (χ0) is 15.6. The quantitative estimate of drug-likeness (QED) is 0.636. The Kier molecular flexibility index (Phi) is 6.71. The van der Waals surface area contributed by atoms with E-state index in [1.54, 1.807) is 0 Å². The Balaban J connectivity index is 1.85. The van der Waals surface area contributed by atoms with Gasteiger partial charge in [0, 0.05) is 36.4 Å². The van der Waals surface area contributed by atoms with Gasteiger partial charge in [0.1, 0.15) is 0 Å². The van der Waals surface area contributed by atoms with Gasteiger partial charge in [-0.25, -0.2) is 4.99 Å². The first-order valence-electron chi connectivity index (χ1n) is 7.44. The number of guanidine groups is 1. The smallest absolute Gasteiger partial charge is 0.191 e. The molecule has 4 nitrogen and oxygen atoms in total. The molecule has 0 saturated carbocycles. The van der Waals surface area contributed by atoms with E-state index in [1.807, 2.05) is 48.7 Å². The predicted molar refractivity (Wildman–Crippen MR) is 92.2 cm³/mol. The fourth-order valence-corrected chi connectivity index (χ4v) is 2.08. The van der Waals surface area contributed by atoms with Crippen LogP contribution in [-0.4, -0.2) is 24.0 Å². The normalized spacial score (nSPS) is 11.3. The third-order valence-electron chi connectivity index (χ3n) is 3.08. The molecule has 1 aromatic carbocycles. The van der Waals surface area contributed by atoms with Crippen molar-refractivity contribution in [2.45, 2.75) is 19.9 Å². The lowest BCUT2D eigenvalue weighted by Gasteiger charge is -2.11. The number of benzene rings is 1. The summed E-state index contributed by atoms with van der Waals surface area (Å²) in [5.41, 5.74) is 2.20. The van der Waals surface area contributed by atoms with E-state index < -0.39 is 0 Å². The lowest BCUT2D eigenvalue weighted by atomic mass is 10.2. The molecule has 0 saturated heterocycles. The van der Waals surface area contributed by atoms with Gasteiger partial charge in [0.15, 0.2) is 5.96 Å². The van der Waals surface area contributed by atoms with Gasteiger partial charge >= 0.3 is 0 Å². The van der Waals surface area contributed by atoms with E-state index in [4.69, 9.17) is 11.6 Å². The molecule has 0 amide bonds. The molecule has 0 unspecified atom stereocenters. The van der Waals surface area contributed by atoms with Crippen LogP contribution in [0, 0.1) is 0 Å². The van der Waals surface area contributed by atoms with E-state index in [0.717, 1.165) is 41.7 Å². The zero-order valence-corrected chi connectivity index (χ0v) is 13.5. The van der Waals surface area contributed by atoms with Crippen LogP contribution in [0.4, 0.5) is 0 Å². The first-order valence-corrected chi connectivity index (χ1v) is 7.82. The number of aliphatic imine (C=N–C) groups is 1. The summed E-state index contributed by atoms with van der Waals surface area (Å²) in [7, 11) is 0. The van der Waals surface area contributed by atoms with E-state index >= 15 is 0 Å². The van der Waals surface area contributed by atoms with Crippen molar-refractivity contribution in [3.05, 3.63) is 64.9 Å². The number of pyridine rings is 1. The summed E-state index contributed by atoms with van der Waals surface area (Å²) in [5.74, 6) is 0.813. The van der Waals surface area contributed by atoms with Gasteiger partial charge in [0.2, 0.25) is 0 Å². The maximum absolute atomic E-state index is 5.88. The van der Waals surface area contributed by atoms with Gasteiger partial charge < -0.3 is 10.6 Å². The van der Waals surface area contributed by atoms with Crippen molar-refractivity contribution in [1.29, 1.82) is 0 Å². The molecule has 0 fully saturated rings. The third-order valence-corrected chi connectivity index (χ3v) is 3.33. The summed E-state index contributed by atoms with van der Waals surface area (Å²) >= 11 is 5.88. The molecule has 0 atom stereocenters. The van der Waals surface area contributed by atoms with Crippen LogP contribution in [0.3, 0.4) is 0 Å². The first kappa shape index (κ1) is 16.3. The van der Waals surface area contributed by atoms with E-state index in [-0.39, 0.29) is 0 Å². The molecule has 5 heteroatoms. The van der Waals surface area contributed by atoms with Crippen molar-refractivity contribution in [2.75, 3.05) is 13.1 Å². The number of nitrogens with zero attached hydrogens (tertiary/aromatic N) is 2. The Labute approximate surface area is 136 Å². The third kappa shape index (κ3) is 5.74. The standard InChI is InChI=1S/C17H21ClN4/c1-2-19-17(21-12-10-16-5-3-4-11-20-16)22-13-14-6-8-15(18)9-7-14/h3-9,11H,2,10,12-13H2,1H3,(H2,19,21,22). The topological polar surface area (TPSA) is 49.3 Å². The van der Waals surface area contributed by atoms with E-state index in [2.05, 4.69) is 27.5 Å². The fraction of sp³-hybridized carbons (Fsp3) is 0.294.